The van der Waals surface area contributed by atoms with Crippen molar-refractivity contribution in [2.24, 2.45) is 45.3 Å². The van der Waals surface area contributed by atoms with E-state index in [0.29, 0.717) is 12.1 Å². The van der Waals surface area contributed by atoms with Crippen LogP contribution in [0.15, 0.2) is 10.2 Å². The van der Waals surface area contributed by atoms with Gasteiger partial charge >= 0.3 is 19.5 Å². The molecule has 0 aromatic rings. The van der Waals surface area contributed by atoms with E-state index in [1.807, 2.05) is 12.4 Å². The molecule has 2 heterocycles. The number of hydrogen-bond donors (Lipinski definition) is 6. The minimum absolute atomic E-state index is 0. The monoisotopic (exact) mass is 544 g/mol. The Morgan fingerprint density at radius 2 is 1.09 bits per heavy atom. The van der Waals surface area contributed by atoms with E-state index in [1.165, 1.54) is 64.2 Å². The average Bonchev–Trinajstić information content (AvgIpc) is 2.79. The molecule has 6 unspecified atom stereocenters. The predicted octanol–water partition coefficient (Wildman–Crippen LogP) is 1.94. The maximum atomic E-state index is 5.33. The molecule has 8 N–H and O–H groups in total. The molecule has 8 nitrogen and oxygen atoms in total. The van der Waals surface area contributed by atoms with E-state index in [0.717, 1.165) is 36.8 Å². The SMILES string of the molecule is NC(=S)N/N=C/C1NCCC2CCCCC21.NC(=S)N/N=C/C1NCCC2CCCCC21.[Zn+2]. The van der Waals surface area contributed by atoms with Gasteiger partial charge in [0.05, 0.1) is 0 Å². The predicted molar refractivity (Wildman–Crippen MR) is 141 cm³/mol. The first-order valence-corrected chi connectivity index (χ1v) is 13.0. The smallest absolute Gasteiger partial charge is 0.375 e. The first-order chi connectivity index (χ1) is 15.5. The molecule has 0 aromatic heterocycles. The van der Waals surface area contributed by atoms with Gasteiger partial charge in [0.25, 0.3) is 0 Å². The van der Waals surface area contributed by atoms with E-state index in [-0.39, 0.29) is 29.7 Å². The van der Waals surface area contributed by atoms with Crippen molar-refractivity contribution in [3.05, 3.63) is 0 Å². The summed E-state index contributed by atoms with van der Waals surface area (Å²) in [4.78, 5) is 0. The van der Waals surface area contributed by atoms with E-state index in [1.54, 1.807) is 0 Å². The van der Waals surface area contributed by atoms with Crippen molar-refractivity contribution < 1.29 is 19.5 Å². The van der Waals surface area contributed by atoms with Crippen LogP contribution in [-0.4, -0.2) is 47.8 Å². The number of fused-ring (bicyclic) bond motifs is 2. The maximum absolute atomic E-state index is 5.33. The molecule has 0 spiro atoms. The van der Waals surface area contributed by atoms with Crippen molar-refractivity contribution in [3.63, 3.8) is 0 Å². The Bertz CT molecular complexity index is 617. The van der Waals surface area contributed by atoms with E-state index in [2.05, 4.69) is 31.7 Å². The van der Waals surface area contributed by atoms with Crippen molar-refractivity contribution in [2.75, 3.05) is 13.1 Å². The zero-order valence-electron chi connectivity index (χ0n) is 19.7. The molecule has 4 rings (SSSR count). The number of nitrogens with two attached hydrogens (primary N) is 2. The summed E-state index contributed by atoms with van der Waals surface area (Å²) in [5.41, 5.74) is 15.9. The third-order valence-electron chi connectivity index (χ3n) is 7.47. The number of rotatable bonds is 4. The standard InChI is InChI=1S/2C11H20N4S.Zn/c2*12-11(16)15-14-7-10-9-4-2-1-3-8(9)5-6-13-10;/h2*7-10,13H,1-6H2,(H3,12,15,16);/q;;+2/b2*14-7+;. The minimum Gasteiger partial charge on any atom is -0.375 e. The molecule has 0 amide bonds. The Labute approximate surface area is 222 Å². The molecule has 2 saturated carbocycles. The van der Waals surface area contributed by atoms with Crippen molar-refractivity contribution in [3.8, 4) is 0 Å². The quantitative estimate of drug-likeness (QED) is 0.137. The molecule has 6 atom stereocenters. The largest absolute Gasteiger partial charge is 2.00 e. The summed E-state index contributed by atoms with van der Waals surface area (Å²) in [6.07, 6.45) is 17.4. The molecule has 4 fully saturated rings. The van der Waals surface area contributed by atoms with Gasteiger partial charge in [-0.2, -0.15) is 10.2 Å². The van der Waals surface area contributed by atoms with Crippen molar-refractivity contribution in [1.29, 1.82) is 0 Å². The first-order valence-electron chi connectivity index (χ1n) is 12.2. The summed E-state index contributed by atoms with van der Waals surface area (Å²) >= 11 is 9.42. The Kier molecular flexibility index (Phi) is 13.2. The van der Waals surface area contributed by atoms with Crippen LogP contribution in [0.5, 0.6) is 0 Å². The Morgan fingerprint density at radius 1 is 0.697 bits per heavy atom. The fourth-order valence-electron chi connectivity index (χ4n) is 6.00. The van der Waals surface area contributed by atoms with Gasteiger partial charge in [0.2, 0.25) is 0 Å². The maximum Gasteiger partial charge on any atom is 2.00 e. The van der Waals surface area contributed by atoms with E-state index < -0.39 is 0 Å². The van der Waals surface area contributed by atoms with E-state index in [4.69, 9.17) is 35.9 Å². The summed E-state index contributed by atoms with van der Waals surface area (Å²) in [5, 5.41) is 15.7. The third kappa shape index (κ3) is 9.44. The molecule has 180 valence electrons. The Balaban J connectivity index is 0.000000227. The van der Waals surface area contributed by atoms with Gasteiger partial charge in [0, 0.05) is 24.5 Å². The summed E-state index contributed by atoms with van der Waals surface area (Å²) < 4.78 is 0. The molecule has 0 aromatic carbocycles. The number of piperidine rings is 2. The van der Waals surface area contributed by atoms with Gasteiger partial charge in [-0.05, 0) is 86.9 Å². The van der Waals surface area contributed by atoms with Crippen LogP contribution in [0.25, 0.3) is 0 Å². The second-order valence-electron chi connectivity index (χ2n) is 9.46. The zero-order valence-corrected chi connectivity index (χ0v) is 24.3. The molecular formula is C22H40N8S2Zn+2. The Hall–Kier alpha value is -0.737. The summed E-state index contributed by atoms with van der Waals surface area (Å²) in [6.45, 7) is 2.20. The molecule has 33 heavy (non-hydrogen) atoms. The van der Waals surface area contributed by atoms with Crippen LogP contribution in [0.2, 0.25) is 0 Å². The molecule has 0 radical (unpaired) electrons. The second kappa shape index (κ2) is 15.3. The fraction of sp³-hybridized carbons (Fsp3) is 0.818. The molecule has 2 aliphatic heterocycles. The summed E-state index contributed by atoms with van der Waals surface area (Å²) in [6, 6.07) is 0.779. The topological polar surface area (TPSA) is 125 Å². The van der Waals surface area contributed by atoms with Crippen LogP contribution in [0.3, 0.4) is 0 Å². The van der Waals surface area contributed by atoms with Gasteiger partial charge in [0.15, 0.2) is 10.2 Å². The van der Waals surface area contributed by atoms with Crippen molar-refractivity contribution in [2.45, 2.75) is 76.3 Å². The molecular weight excluding hydrogens is 506 g/mol. The third-order valence-corrected chi connectivity index (χ3v) is 7.65. The molecule has 2 saturated heterocycles. The van der Waals surface area contributed by atoms with Crippen LogP contribution >= 0.6 is 24.4 Å². The van der Waals surface area contributed by atoms with Crippen molar-refractivity contribution in [1.82, 2.24) is 21.5 Å². The van der Waals surface area contributed by atoms with Gasteiger partial charge in [-0.3, -0.25) is 10.9 Å². The van der Waals surface area contributed by atoms with Gasteiger partial charge in [-0.1, -0.05) is 38.5 Å². The normalized spacial score (nSPS) is 33.6. The van der Waals surface area contributed by atoms with Gasteiger partial charge in [-0.15, -0.1) is 0 Å². The van der Waals surface area contributed by atoms with Crippen LogP contribution in [0.1, 0.15) is 64.2 Å². The van der Waals surface area contributed by atoms with Gasteiger partial charge in [-0.25, -0.2) is 0 Å². The van der Waals surface area contributed by atoms with Crippen LogP contribution < -0.4 is 33.0 Å². The van der Waals surface area contributed by atoms with Crippen LogP contribution in [0.4, 0.5) is 0 Å². The summed E-state index contributed by atoms with van der Waals surface area (Å²) in [7, 11) is 0. The van der Waals surface area contributed by atoms with E-state index >= 15 is 0 Å². The van der Waals surface area contributed by atoms with Crippen molar-refractivity contribution >= 4 is 47.1 Å². The fourth-order valence-corrected chi connectivity index (χ4v) is 6.10. The Morgan fingerprint density at radius 3 is 1.48 bits per heavy atom. The van der Waals surface area contributed by atoms with Crippen LogP contribution in [-0.2, 0) is 19.5 Å². The minimum atomic E-state index is 0. The molecule has 4 aliphatic rings. The second-order valence-corrected chi connectivity index (χ2v) is 10.3. The number of nitrogens with one attached hydrogen (secondary N) is 4. The number of hydrazone groups is 2. The molecule has 0 bridgehead atoms. The average molecular weight is 546 g/mol. The number of nitrogens with zero attached hydrogens (tertiary/aromatic N) is 2. The van der Waals surface area contributed by atoms with Gasteiger partial charge < -0.3 is 22.1 Å². The van der Waals surface area contributed by atoms with Gasteiger partial charge in [0.1, 0.15) is 0 Å². The first kappa shape index (κ1) is 28.5. The number of hydrogen-bond acceptors (Lipinski definition) is 6. The zero-order chi connectivity index (χ0) is 22.8. The molecule has 2 aliphatic carbocycles. The summed E-state index contributed by atoms with van der Waals surface area (Å²) in [5.74, 6) is 3.27. The molecule has 11 heteroatoms. The number of thiocarbonyl (C=S) groups is 2. The van der Waals surface area contributed by atoms with E-state index in [9.17, 15) is 0 Å². The van der Waals surface area contributed by atoms with Crippen LogP contribution in [0, 0.1) is 23.7 Å².